The van der Waals surface area contributed by atoms with Gasteiger partial charge in [-0.3, -0.25) is 37.9 Å². The van der Waals surface area contributed by atoms with Gasteiger partial charge in [-0.05, 0) is 78.1 Å². The normalized spacial score (nSPS) is 29.5. The molecule has 0 aliphatic carbocycles. The highest BCUT2D eigenvalue weighted by atomic mass is 31.2. The predicted octanol–water partition coefficient (Wildman–Crippen LogP) is -3.06. The van der Waals surface area contributed by atoms with Crippen molar-refractivity contribution in [3.63, 3.8) is 0 Å². The number of nitrogens with one attached hydrogen (secondary N) is 4. The molecule has 31 nitrogen and oxygen atoms in total. The number of phosphoric acid groups is 2. The Morgan fingerprint density at radius 2 is 1.01 bits per heavy atom. The van der Waals surface area contributed by atoms with Crippen molar-refractivity contribution in [2.24, 2.45) is 0 Å². The first-order valence-electron chi connectivity index (χ1n) is 28.8. The first-order chi connectivity index (χ1) is 39.7. The molecule has 0 spiro atoms. The minimum absolute atomic E-state index is 0.00937. The van der Waals surface area contributed by atoms with Crippen molar-refractivity contribution >= 4 is 51.1 Å². The van der Waals surface area contributed by atoms with Gasteiger partial charge in [0.2, 0.25) is 35.4 Å². The van der Waals surface area contributed by atoms with E-state index in [2.05, 4.69) is 21.3 Å². The van der Waals surface area contributed by atoms with Crippen LogP contribution in [0.15, 0.2) is 0 Å². The third-order valence-electron chi connectivity index (χ3n) is 14.3. The second kappa shape index (κ2) is 36.8. The molecule has 4 aliphatic rings. The number of carbonyl (C=O) groups excluding carboxylic acids is 6. The van der Waals surface area contributed by atoms with Gasteiger partial charge in [0.05, 0.1) is 56.8 Å². The van der Waals surface area contributed by atoms with Gasteiger partial charge in [0.1, 0.15) is 48.7 Å². The van der Waals surface area contributed by atoms with Crippen molar-refractivity contribution in [2.75, 3.05) is 65.8 Å². The Bertz CT molecular complexity index is 2160. The molecule has 0 saturated carbocycles. The van der Waals surface area contributed by atoms with Crippen LogP contribution in [-0.4, -0.2) is 238 Å². The van der Waals surface area contributed by atoms with Gasteiger partial charge in [0.25, 0.3) is 15.6 Å². The molecule has 12 unspecified atom stereocenters. The quantitative estimate of drug-likeness (QED) is 0.0216. The highest BCUT2D eigenvalue weighted by Crippen LogP contribution is 2.45. The number of ether oxygens (including phenoxy) is 4. The minimum atomic E-state index is -5.12. The van der Waals surface area contributed by atoms with Crippen LogP contribution in [0.2, 0.25) is 0 Å². The van der Waals surface area contributed by atoms with Crippen molar-refractivity contribution < 1.29 is 120 Å². The van der Waals surface area contributed by atoms with Gasteiger partial charge in [0, 0.05) is 78.9 Å². The summed E-state index contributed by atoms with van der Waals surface area (Å²) in [5.74, 6) is -2.18. The van der Waals surface area contributed by atoms with Gasteiger partial charge in [-0.15, -0.1) is 0 Å². The van der Waals surface area contributed by atoms with Crippen molar-refractivity contribution in [3.8, 4) is 0 Å². The molecule has 84 heavy (non-hydrogen) atoms. The van der Waals surface area contributed by atoms with Crippen molar-refractivity contribution in [1.82, 2.24) is 31.1 Å². The predicted molar refractivity (Wildman–Crippen MR) is 288 cm³/mol. The van der Waals surface area contributed by atoms with E-state index in [1.807, 2.05) is 0 Å². The highest BCUT2D eigenvalue weighted by Gasteiger charge is 2.47. The molecule has 6 amide bonds. The summed E-state index contributed by atoms with van der Waals surface area (Å²) in [6.45, 7) is 3.71. The van der Waals surface area contributed by atoms with Crippen molar-refractivity contribution in [1.29, 1.82) is 0 Å². The Kier molecular flexibility index (Phi) is 32.0. The number of β-amino-alcohol motifs (C(OH)–C–C–N with tert-alkyl or cyclic N) is 1. The molecule has 0 aromatic carbocycles. The van der Waals surface area contributed by atoms with E-state index in [-0.39, 0.29) is 82.5 Å². The van der Waals surface area contributed by atoms with Crippen LogP contribution in [0, 0.1) is 0 Å². The lowest BCUT2D eigenvalue weighted by molar-refractivity contribution is -0.270. The molecule has 4 rings (SSSR count). The van der Waals surface area contributed by atoms with Gasteiger partial charge in [-0.2, -0.15) is 0 Å². The van der Waals surface area contributed by atoms with E-state index in [4.69, 9.17) is 37.0 Å². The van der Waals surface area contributed by atoms with Gasteiger partial charge < -0.3 is 114 Å². The van der Waals surface area contributed by atoms with E-state index in [1.54, 1.807) is 0 Å². The van der Waals surface area contributed by atoms with Crippen LogP contribution in [0.1, 0.15) is 130 Å². The number of amides is 6. The van der Waals surface area contributed by atoms with Crippen LogP contribution in [0.5, 0.6) is 0 Å². The van der Waals surface area contributed by atoms with Crippen LogP contribution in [0.4, 0.5) is 0 Å². The van der Waals surface area contributed by atoms with Gasteiger partial charge in [-0.25, -0.2) is 0 Å². The zero-order valence-electron chi connectivity index (χ0n) is 48.3. The molecule has 0 aromatic rings. The minimum Gasteiger partial charge on any atom is -0.756 e. The number of aliphatic hydroxyl groups is 7. The summed E-state index contributed by atoms with van der Waals surface area (Å²) < 4.78 is 68.7. The van der Waals surface area contributed by atoms with E-state index in [0.717, 1.165) is 0 Å². The Balaban J connectivity index is 1.13. The largest absolute Gasteiger partial charge is 0.756 e. The monoisotopic (exact) mass is 1250 g/mol. The fourth-order valence-electron chi connectivity index (χ4n) is 10.1. The van der Waals surface area contributed by atoms with Gasteiger partial charge in [-0.1, -0.05) is 12.8 Å². The zero-order valence-corrected chi connectivity index (χ0v) is 50.1. The number of hydrogen-bond donors (Lipinski definition) is 11. The molecule has 4 saturated heterocycles. The number of aliphatic hydroxyl groups excluding tert-OH is 7. The fraction of sp³-hybridized carbons (Fsp3) is 0.882. The maximum Gasteiger partial charge on any atom is 0.268 e. The molecular formula is C51H90N6O25P2-2. The number of carbonyl (C=O) groups is 6. The summed E-state index contributed by atoms with van der Waals surface area (Å²) in [5.41, 5.74) is 0. The third kappa shape index (κ3) is 25.4. The molecule has 16 atom stereocenters. The summed E-state index contributed by atoms with van der Waals surface area (Å²) in [7, 11) is -9.94. The number of nitrogens with zero attached hydrogens (tertiary/aromatic N) is 2. The number of rotatable bonds is 38. The van der Waals surface area contributed by atoms with E-state index in [1.165, 1.54) is 37.5 Å². The van der Waals surface area contributed by atoms with Gasteiger partial charge in [0.15, 0.2) is 12.6 Å². The summed E-state index contributed by atoms with van der Waals surface area (Å²) in [5, 5.41) is 81.1. The number of unbranched alkanes of at least 4 members (excludes halogenated alkanes) is 6. The molecule has 4 aliphatic heterocycles. The molecule has 0 radical (unpaired) electrons. The molecule has 11 N–H and O–H groups in total. The lowest BCUT2D eigenvalue weighted by Gasteiger charge is -2.42. The van der Waals surface area contributed by atoms with Gasteiger partial charge >= 0.3 is 0 Å². The van der Waals surface area contributed by atoms with E-state index in [9.17, 15) is 83.4 Å². The van der Waals surface area contributed by atoms with Crippen LogP contribution in [-0.2, 0) is 74.9 Å². The first kappa shape index (κ1) is 73.1. The summed E-state index contributed by atoms with van der Waals surface area (Å²) in [6, 6.07) is -3.90. The second-order valence-electron chi connectivity index (χ2n) is 21.7. The average molecular weight is 1250 g/mol. The SMILES string of the molecule is CC(=O)NC1C(OCCCCC(=O)NCCCCCC(=O)N2C[C@H](O)C[C@H]2COP(=O)([O-])O[C@@H]2C[C@@H](COP(=O)([O-])OC(C)C)N(C(=O)CCCCCNC(=O)CCCCOC3OC(CO)C(O)C(O)C3NC(C)=O)C2)OC(CO)C(O)C1O. The summed E-state index contributed by atoms with van der Waals surface area (Å²) >= 11 is 0. The fourth-order valence-corrected chi connectivity index (χ4v) is 12.0. The van der Waals surface area contributed by atoms with E-state index >= 15 is 0 Å². The molecule has 33 heteroatoms. The topological polar surface area (TPSA) is 453 Å². The molecule has 486 valence electrons. The zero-order chi connectivity index (χ0) is 62.1. The third-order valence-corrected chi connectivity index (χ3v) is 16.5. The molecule has 0 aromatic heterocycles. The molecular weight excluding hydrogens is 1160 g/mol. The lowest BCUT2D eigenvalue weighted by Crippen LogP contribution is -2.64. The highest BCUT2D eigenvalue weighted by molar-refractivity contribution is 7.46. The second-order valence-corrected chi connectivity index (χ2v) is 24.5. The first-order valence-corrected chi connectivity index (χ1v) is 31.8. The van der Waals surface area contributed by atoms with Crippen LogP contribution >= 0.6 is 15.6 Å². The summed E-state index contributed by atoms with van der Waals surface area (Å²) in [4.78, 5) is 103. The molecule has 0 bridgehead atoms. The number of likely N-dealkylation sites (tertiary alicyclic amines) is 2. The van der Waals surface area contributed by atoms with Crippen molar-refractivity contribution in [2.45, 2.75) is 222 Å². The van der Waals surface area contributed by atoms with Crippen LogP contribution in [0.3, 0.4) is 0 Å². The maximum atomic E-state index is 13.5. The number of phosphoric ester groups is 2. The van der Waals surface area contributed by atoms with Crippen molar-refractivity contribution in [3.05, 3.63) is 0 Å². The number of hydrogen-bond acceptors (Lipinski definition) is 25. The van der Waals surface area contributed by atoms with Crippen LogP contribution in [0.25, 0.3) is 0 Å². The Morgan fingerprint density at radius 1 is 0.583 bits per heavy atom. The van der Waals surface area contributed by atoms with Crippen LogP contribution < -0.4 is 31.1 Å². The maximum absolute atomic E-state index is 13.5. The standard InChI is InChI=1S/C51H92N6O25P2/c1-31(2)81-83(71,72)77-30-35-24-37(26-57(35)43(66)18-8-6-12-20-53-41(64)16-10-14-22-76-51-45(55-33(4)61)49(70)47(68)39(28-59)80-51)82-84(73,74)78-29-34-23-36(62)25-56(34)42(65)17-7-5-11-19-52-40(63)15-9-13-21-75-50-44(54-32(3)60)48(69)46(67)38(27-58)79-50/h31,34-39,44-51,58-59,62,67-70H,5-30H2,1-4H3,(H,52,63)(H,53,64)(H,54,60)(H,55,61)(H,71,72)(H,73,74)/p-2/t34-,35-,36+,37+,38?,39?,44?,45?,46?,47?,48?,49?,50?,51?/m0/s1. The summed E-state index contributed by atoms with van der Waals surface area (Å²) in [6.07, 6.45) is -8.21. The Labute approximate surface area is 489 Å². The smallest absolute Gasteiger partial charge is 0.268 e. The Hall–Kier alpha value is -3.40. The van der Waals surface area contributed by atoms with E-state index in [0.29, 0.717) is 77.3 Å². The molecule has 4 heterocycles. The Morgan fingerprint density at radius 3 is 1.45 bits per heavy atom. The lowest BCUT2D eigenvalue weighted by atomic mass is 9.97. The molecule has 4 fully saturated rings. The average Bonchev–Trinajstić information content (AvgIpc) is 3.57. The van der Waals surface area contributed by atoms with E-state index < -0.39 is 151 Å².